The first-order chi connectivity index (χ1) is 15.0. The molecule has 1 fully saturated rings. The van der Waals surface area contributed by atoms with Crippen molar-refractivity contribution in [3.05, 3.63) is 83.7 Å². The summed E-state index contributed by atoms with van der Waals surface area (Å²) in [5.41, 5.74) is 9.67. The molecule has 6 heteroatoms. The van der Waals surface area contributed by atoms with E-state index in [4.69, 9.17) is 5.73 Å². The van der Waals surface area contributed by atoms with Crippen molar-refractivity contribution in [3.63, 3.8) is 0 Å². The van der Waals surface area contributed by atoms with E-state index in [2.05, 4.69) is 39.5 Å². The third kappa shape index (κ3) is 5.89. The molecular formula is C25H27FN4O. The number of hydrogen-bond acceptors (Lipinski definition) is 4. The molecule has 0 radical (unpaired) electrons. The fourth-order valence-corrected chi connectivity index (χ4v) is 4.01. The van der Waals surface area contributed by atoms with Gasteiger partial charge in [-0.05, 0) is 48.2 Å². The summed E-state index contributed by atoms with van der Waals surface area (Å²) >= 11 is 0. The van der Waals surface area contributed by atoms with Crippen LogP contribution >= 0.6 is 0 Å². The summed E-state index contributed by atoms with van der Waals surface area (Å²) < 4.78 is 13.3. The number of nitrogens with one attached hydrogen (secondary N) is 1. The highest BCUT2D eigenvalue weighted by Gasteiger charge is 2.23. The maximum absolute atomic E-state index is 13.3. The Bertz CT molecular complexity index is 1040. The van der Waals surface area contributed by atoms with E-state index in [0.29, 0.717) is 11.4 Å². The van der Waals surface area contributed by atoms with Crippen molar-refractivity contribution in [2.45, 2.75) is 25.3 Å². The van der Waals surface area contributed by atoms with Crippen LogP contribution < -0.4 is 11.1 Å². The van der Waals surface area contributed by atoms with Gasteiger partial charge in [0, 0.05) is 31.2 Å². The summed E-state index contributed by atoms with van der Waals surface area (Å²) in [5.74, 6) is 0.158. The van der Waals surface area contributed by atoms with Gasteiger partial charge in [0.1, 0.15) is 11.6 Å². The minimum Gasteiger partial charge on any atom is -0.384 e. The van der Waals surface area contributed by atoms with E-state index in [9.17, 15) is 9.18 Å². The van der Waals surface area contributed by atoms with Crippen molar-refractivity contribution in [1.29, 1.82) is 0 Å². The third-order valence-corrected chi connectivity index (χ3v) is 5.63. The van der Waals surface area contributed by atoms with E-state index in [1.54, 1.807) is 18.2 Å². The summed E-state index contributed by atoms with van der Waals surface area (Å²) in [6.45, 7) is 2.77. The highest BCUT2D eigenvalue weighted by molar-refractivity contribution is 5.78. The first-order valence-corrected chi connectivity index (χ1v) is 10.6. The smallest absolute Gasteiger partial charge is 0.224 e. The van der Waals surface area contributed by atoms with Gasteiger partial charge in [-0.1, -0.05) is 42.5 Å². The van der Waals surface area contributed by atoms with Crippen LogP contribution in [0.25, 0.3) is 11.3 Å². The molecule has 1 saturated heterocycles. The zero-order valence-corrected chi connectivity index (χ0v) is 17.4. The molecule has 0 spiro atoms. The summed E-state index contributed by atoms with van der Waals surface area (Å²) in [4.78, 5) is 19.0. The molecular weight excluding hydrogens is 391 g/mol. The van der Waals surface area contributed by atoms with E-state index in [1.807, 2.05) is 12.1 Å². The molecule has 160 valence electrons. The lowest BCUT2D eigenvalue weighted by molar-refractivity contribution is -0.121. The molecule has 0 aliphatic carbocycles. The molecule has 2 heterocycles. The number of amides is 1. The third-order valence-electron chi connectivity index (χ3n) is 5.63. The topological polar surface area (TPSA) is 71.2 Å². The molecule has 0 bridgehead atoms. The first kappa shape index (κ1) is 21.0. The zero-order valence-electron chi connectivity index (χ0n) is 17.4. The lowest BCUT2D eigenvalue weighted by Gasteiger charge is -2.17. The maximum Gasteiger partial charge on any atom is 0.224 e. The van der Waals surface area contributed by atoms with Gasteiger partial charge in [0.15, 0.2) is 0 Å². The molecule has 1 atom stereocenters. The van der Waals surface area contributed by atoms with Crippen molar-refractivity contribution >= 4 is 11.7 Å². The second-order valence-electron chi connectivity index (χ2n) is 8.06. The second kappa shape index (κ2) is 9.71. The van der Waals surface area contributed by atoms with Gasteiger partial charge in [0.25, 0.3) is 0 Å². The van der Waals surface area contributed by atoms with Crippen molar-refractivity contribution in [2.24, 2.45) is 0 Å². The van der Waals surface area contributed by atoms with Crippen LogP contribution in [-0.4, -0.2) is 41.5 Å². The highest BCUT2D eigenvalue weighted by atomic mass is 19.1. The minimum absolute atomic E-state index is 0.0526. The maximum atomic E-state index is 13.3. The van der Waals surface area contributed by atoms with Crippen molar-refractivity contribution in [3.8, 4) is 11.3 Å². The normalized spacial score (nSPS) is 16.4. The van der Waals surface area contributed by atoms with Crippen LogP contribution in [-0.2, 0) is 17.6 Å². The molecule has 1 aliphatic heterocycles. The van der Waals surface area contributed by atoms with Crippen LogP contribution in [0.15, 0.2) is 66.7 Å². The fourth-order valence-electron chi connectivity index (χ4n) is 4.01. The fraction of sp³-hybridized carbons (Fsp3) is 0.280. The number of benzene rings is 2. The Balaban J connectivity index is 1.23. The average molecular weight is 419 g/mol. The molecule has 1 unspecified atom stereocenters. The number of halogens is 1. The summed E-state index contributed by atoms with van der Waals surface area (Å²) in [7, 11) is 0. The van der Waals surface area contributed by atoms with E-state index in [1.165, 1.54) is 17.7 Å². The largest absolute Gasteiger partial charge is 0.384 e. The lowest BCUT2D eigenvalue weighted by atomic mass is 10.1. The van der Waals surface area contributed by atoms with Gasteiger partial charge in [-0.25, -0.2) is 9.37 Å². The van der Waals surface area contributed by atoms with Crippen molar-refractivity contribution < 1.29 is 9.18 Å². The Morgan fingerprint density at radius 2 is 1.90 bits per heavy atom. The predicted octanol–water partition coefficient (Wildman–Crippen LogP) is 3.45. The van der Waals surface area contributed by atoms with Crippen LogP contribution in [0.4, 0.5) is 10.2 Å². The Labute approximate surface area is 182 Å². The molecule has 1 aromatic heterocycles. The molecule has 0 saturated carbocycles. The van der Waals surface area contributed by atoms with Crippen molar-refractivity contribution in [1.82, 2.24) is 15.2 Å². The number of nitrogen functional groups attached to an aromatic ring is 1. The van der Waals surface area contributed by atoms with Crippen LogP contribution in [0.2, 0.25) is 0 Å². The summed E-state index contributed by atoms with van der Waals surface area (Å²) in [6, 6.07) is 20.4. The predicted molar refractivity (Wildman–Crippen MR) is 121 cm³/mol. The van der Waals surface area contributed by atoms with Gasteiger partial charge in [0.2, 0.25) is 5.91 Å². The molecule has 31 heavy (non-hydrogen) atoms. The number of carbonyl (C=O) groups excluding carboxylic acids is 1. The lowest BCUT2D eigenvalue weighted by Crippen LogP contribution is -2.38. The molecule has 1 aliphatic rings. The Morgan fingerprint density at radius 3 is 2.68 bits per heavy atom. The molecule has 1 amide bonds. The van der Waals surface area contributed by atoms with Crippen LogP contribution in [0.1, 0.15) is 17.5 Å². The van der Waals surface area contributed by atoms with Gasteiger partial charge in [-0.2, -0.15) is 0 Å². The van der Waals surface area contributed by atoms with E-state index >= 15 is 0 Å². The monoisotopic (exact) mass is 418 g/mol. The quantitative estimate of drug-likeness (QED) is 0.617. The standard InChI is InChI=1S/C25H27FN4O/c26-21-4-1-3-19(15-21)16-25(31)28-22-12-14-30(17-22)13-11-18-7-9-20(10-8-18)23-5-2-6-24(27)29-23/h1-10,15,22H,11-14,16-17H2,(H2,27,29)(H,28,31). The van der Waals surface area contributed by atoms with Gasteiger partial charge in [0.05, 0.1) is 12.1 Å². The second-order valence-corrected chi connectivity index (χ2v) is 8.06. The zero-order chi connectivity index (χ0) is 21.6. The van der Waals surface area contributed by atoms with E-state index in [-0.39, 0.29) is 24.2 Å². The van der Waals surface area contributed by atoms with Crippen LogP contribution in [0.3, 0.4) is 0 Å². The van der Waals surface area contributed by atoms with Gasteiger partial charge >= 0.3 is 0 Å². The van der Waals surface area contributed by atoms with Crippen LogP contribution in [0.5, 0.6) is 0 Å². The van der Waals surface area contributed by atoms with Crippen LogP contribution in [0, 0.1) is 5.82 Å². The Morgan fingerprint density at radius 1 is 1.10 bits per heavy atom. The number of hydrogen-bond donors (Lipinski definition) is 2. The number of anilines is 1. The first-order valence-electron chi connectivity index (χ1n) is 10.6. The Kier molecular flexibility index (Phi) is 6.57. The number of pyridine rings is 1. The number of carbonyl (C=O) groups is 1. The van der Waals surface area contributed by atoms with Gasteiger partial charge < -0.3 is 16.0 Å². The van der Waals surface area contributed by atoms with Crippen molar-refractivity contribution in [2.75, 3.05) is 25.4 Å². The minimum atomic E-state index is -0.311. The Hall–Kier alpha value is -3.25. The van der Waals surface area contributed by atoms with E-state index in [0.717, 1.165) is 43.7 Å². The summed E-state index contributed by atoms with van der Waals surface area (Å²) in [5, 5.41) is 3.08. The molecule has 2 aromatic carbocycles. The molecule has 3 N–H and O–H groups in total. The SMILES string of the molecule is Nc1cccc(-c2ccc(CCN3CCC(NC(=O)Cc4cccc(F)c4)C3)cc2)n1. The molecule has 3 aromatic rings. The van der Waals surface area contributed by atoms with Gasteiger partial charge in [-0.15, -0.1) is 0 Å². The number of nitrogens with two attached hydrogens (primary N) is 1. The van der Waals surface area contributed by atoms with E-state index < -0.39 is 0 Å². The summed E-state index contributed by atoms with van der Waals surface area (Å²) in [6.07, 6.45) is 2.10. The average Bonchev–Trinajstić information content (AvgIpc) is 3.20. The molecule has 4 rings (SSSR count). The number of likely N-dealkylation sites (tertiary alicyclic amines) is 1. The molecule has 5 nitrogen and oxygen atoms in total. The van der Waals surface area contributed by atoms with Gasteiger partial charge in [-0.3, -0.25) is 4.79 Å². The number of aromatic nitrogens is 1. The highest BCUT2D eigenvalue weighted by Crippen LogP contribution is 2.19. The number of rotatable bonds is 7. The number of nitrogens with zero attached hydrogens (tertiary/aromatic N) is 2.